The number of rotatable bonds is 2. The summed E-state index contributed by atoms with van der Waals surface area (Å²) in [5.41, 5.74) is 1.13. The number of nitrogens with zero attached hydrogens (tertiary/aromatic N) is 1. The first kappa shape index (κ1) is 12.0. The van der Waals surface area contributed by atoms with Crippen molar-refractivity contribution in [2.75, 3.05) is 18.6 Å². The Morgan fingerprint density at radius 2 is 1.88 bits per heavy atom. The summed E-state index contributed by atoms with van der Waals surface area (Å²) in [6, 6.07) is 7.90. The molecule has 92 valence electrons. The number of hydrogen-bond acceptors (Lipinski definition) is 3. The largest absolute Gasteiger partial charge is 0.497 e. The van der Waals surface area contributed by atoms with E-state index in [0.717, 1.165) is 17.9 Å². The lowest BCUT2D eigenvalue weighted by atomic mass is 9.89. The summed E-state index contributed by atoms with van der Waals surface area (Å²) in [4.78, 5) is 13.8. The van der Waals surface area contributed by atoms with Crippen molar-refractivity contribution in [1.82, 2.24) is 0 Å². The van der Waals surface area contributed by atoms with E-state index in [4.69, 9.17) is 4.74 Å². The van der Waals surface area contributed by atoms with E-state index in [1.165, 1.54) is 0 Å². The van der Waals surface area contributed by atoms with Crippen LogP contribution in [0.1, 0.15) is 26.7 Å². The van der Waals surface area contributed by atoms with E-state index in [2.05, 4.69) is 18.7 Å². The van der Waals surface area contributed by atoms with Crippen LogP contribution in [0.25, 0.3) is 0 Å². The minimum Gasteiger partial charge on any atom is -0.497 e. The Bertz CT molecular complexity index is 409. The van der Waals surface area contributed by atoms with Crippen molar-refractivity contribution in [3.63, 3.8) is 0 Å². The van der Waals surface area contributed by atoms with Gasteiger partial charge in [0.15, 0.2) is 5.78 Å². The molecule has 0 aliphatic carbocycles. The van der Waals surface area contributed by atoms with Gasteiger partial charge in [-0.2, -0.15) is 0 Å². The molecule has 0 amide bonds. The fourth-order valence-electron chi connectivity index (χ4n) is 2.25. The fourth-order valence-corrected chi connectivity index (χ4v) is 2.25. The number of methoxy groups -OCH3 is 1. The summed E-state index contributed by atoms with van der Waals surface area (Å²) < 4.78 is 5.14. The Labute approximate surface area is 102 Å². The molecule has 1 saturated heterocycles. The van der Waals surface area contributed by atoms with Crippen molar-refractivity contribution in [1.29, 1.82) is 0 Å². The van der Waals surface area contributed by atoms with Crippen LogP contribution in [0.4, 0.5) is 5.69 Å². The van der Waals surface area contributed by atoms with Crippen LogP contribution in [0, 0.1) is 0 Å². The Balaban J connectivity index is 2.26. The van der Waals surface area contributed by atoms with Gasteiger partial charge in [0.05, 0.1) is 13.7 Å². The number of carbonyl (C=O) groups excluding carboxylic acids is 1. The van der Waals surface area contributed by atoms with E-state index in [1.807, 2.05) is 24.3 Å². The lowest BCUT2D eigenvalue weighted by Crippen LogP contribution is -2.50. The maximum absolute atomic E-state index is 11.6. The van der Waals surface area contributed by atoms with Gasteiger partial charge >= 0.3 is 0 Å². The molecule has 1 aromatic carbocycles. The highest BCUT2D eigenvalue weighted by molar-refractivity contribution is 5.85. The maximum Gasteiger partial charge on any atom is 0.152 e. The molecular formula is C14H19NO2. The zero-order valence-electron chi connectivity index (χ0n) is 10.7. The third-order valence-corrected chi connectivity index (χ3v) is 3.46. The van der Waals surface area contributed by atoms with E-state index >= 15 is 0 Å². The summed E-state index contributed by atoms with van der Waals surface area (Å²) in [6.07, 6.45) is 1.61. The highest BCUT2D eigenvalue weighted by Gasteiger charge is 2.33. The fraction of sp³-hybridized carbons (Fsp3) is 0.500. The molecule has 3 nitrogen and oxygen atoms in total. The summed E-state index contributed by atoms with van der Waals surface area (Å²) in [5.74, 6) is 1.16. The Morgan fingerprint density at radius 3 is 2.47 bits per heavy atom. The molecule has 0 radical (unpaired) electrons. The Kier molecular flexibility index (Phi) is 3.09. The third kappa shape index (κ3) is 2.43. The summed E-state index contributed by atoms with van der Waals surface area (Å²) >= 11 is 0. The molecule has 0 saturated carbocycles. The van der Waals surface area contributed by atoms with E-state index in [9.17, 15) is 4.79 Å². The summed E-state index contributed by atoms with van der Waals surface area (Å²) in [5, 5.41) is 0. The summed E-state index contributed by atoms with van der Waals surface area (Å²) in [6.45, 7) is 4.88. The number of piperidine rings is 1. The lowest BCUT2D eigenvalue weighted by molar-refractivity contribution is -0.119. The predicted octanol–water partition coefficient (Wildman–Crippen LogP) is 2.64. The van der Waals surface area contributed by atoms with Gasteiger partial charge in [0, 0.05) is 17.6 Å². The van der Waals surface area contributed by atoms with Crippen LogP contribution in [0.3, 0.4) is 0 Å². The van der Waals surface area contributed by atoms with E-state index in [-0.39, 0.29) is 5.54 Å². The smallest absolute Gasteiger partial charge is 0.152 e. The minimum absolute atomic E-state index is 0.0441. The Morgan fingerprint density at radius 1 is 1.24 bits per heavy atom. The standard InChI is InChI=1S/C14H19NO2/c1-14(2)9-8-12(16)10-15(14)11-4-6-13(17-3)7-5-11/h4-7H,8-10H2,1-3H3. The molecule has 1 fully saturated rings. The van der Waals surface area contributed by atoms with Gasteiger partial charge in [-0.1, -0.05) is 0 Å². The minimum atomic E-state index is 0.0441. The second kappa shape index (κ2) is 4.40. The van der Waals surface area contributed by atoms with Crippen LogP contribution in [-0.4, -0.2) is 25.0 Å². The van der Waals surface area contributed by atoms with E-state index in [0.29, 0.717) is 18.7 Å². The molecule has 1 aliphatic heterocycles. The van der Waals surface area contributed by atoms with Gasteiger partial charge < -0.3 is 9.64 Å². The normalized spacial score (nSPS) is 19.2. The number of ether oxygens (including phenoxy) is 1. The molecule has 0 aromatic heterocycles. The molecule has 0 spiro atoms. The molecule has 2 rings (SSSR count). The van der Waals surface area contributed by atoms with Crippen LogP contribution >= 0.6 is 0 Å². The highest BCUT2D eigenvalue weighted by atomic mass is 16.5. The third-order valence-electron chi connectivity index (χ3n) is 3.46. The first-order valence-electron chi connectivity index (χ1n) is 5.96. The topological polar surface area (TPSA) is 29.5 Å². The summed E-state index contributed by atoms with van der Waals surface area (Å²) in [7, 11) is 1.66. The van der Waals surface area contributed by atoms with Gasteiger partial charge in [0.1, 0.15) is 5.75 Å². The lowest BCUT2D eigenvalue weighted by Gasteiger charge is -2.43. The number of ketones is 1. The van der Waals surface area contributed by atoms with Crippen LogP contribution in [0.2, 0.25) is 0 Å². The average Bonchev–Trinajstić information content (AvgIpc) is 2.33. The SMILES string of the molecule is COc1ccc(N2CC(=O)CCC2(C)C)cc1. The maximum atomic E-state index is 11.6. The zero-order chi connectivity index (χ0) is 12.5. The van der Waals surface area contributed by atoms with Gasteiger partial charge in [-0.15, -0.1) is 0 Å². The van der Waals surface area contributed by atoms with Crippen molar-refractivity contribution in [2.24, 2.45) is 0 Å². The molecule has 0 bridgehead atoms. The predicted molar refractivity (Wildman–Crippen MR) is 68.7 cm³/mol. The molecule has 0 N–H and O–H groups in total. The first-order chi connectivity index (χ1) is 8.03. The second-order valence-electron chi connectivity index (χ2n) is 5.14. The van der Waals surface area contributed by atoms with Gasteiger partial charge in [-0.25, -0.2) is 0 Å². The van der Waals surface area contributed by atoms with Gasteiger partial charge in [-0.05, 0) is 44.5 Å². The molecule has 3 heteroatoms. The highest BCUT2D eigenvalue weighted by Crippen LogP contribution is 2.32. The van der Waals surface area contributed by atoms with E-state index in [1.54, 1.807) is 7.11 Å². The zero-order valence-corrected chi connectivity index (χ0v) is 10.7. The number of anilines is 1. The number of benzene rings is 1. The van der Waals surface area contributed by atoms with Gasteiger partial charge in [0.25, 0.3) is 0 Å². The second-order valence-corrected chi connectivity index (χ2v) is 5.14. The van der Waals surface area contributed by atoms with Crippen molar-refractivity contribution >= 4 is 11.5 Å². The first-order valence-corrected chi connectivity index (χ1v) is 5.96. The van der Waals surface area contributed by atoms with Crippen LogP contribution < -0.4 is 9.64 Å². The van der Waals surface area contributed by atoms with Crippen LogP contribution in [0.5, 0.6) is 5.75 Å². The molecule has 0 unspecified atom stereocenters. The van der Waals surface area contributed by atoms with Crippen LogP contribution in [-0.2, 0) is 4.79 Å². The number of Topliss-reactive ketones (excluding diaryl/α,β-unsaturated/α-hetero) is 1. The monoisotopic (exact) mass is 233 g/mol. The average molecular weight is 233 g/mol. The van der Waals surface area contributed by atoms with Crippen molar-refractivity contribution < 1.29 is 9.53 Å². The van der Waals surface area contributed by atoms with Gasteiger partial charge in [-0.3, -0.25) is 4.79 Å². The molecule has 17 heavy (non-hydrogen) atoms. The van der Waals surface area contributed by atoms with Crippen LogP contribution in [0.15, 0.2) is 24.3 Å². The van der Waals surface area contributed by atoms with Crippen molar-refractivity contribution in [3.8, 4) is 5.75 Å². The molecule has 0 atom stereocenters. The Hall–Kier alpha value is -1.51. The molecule has 1 aliphatic rings. The van der Waals surface area contributed by atoms with E-state index < -0.39 is 0 Å². The molecule has 1 aromatic rings. The molecule has 1 heterocycles. The van der Waals surface area contributed by atoms with Gasteiger partial charge in [0.2, 0.25) is 0 Å². The quantitative estimate of drug-likeness (QED) is 0.786. The number of hydrogen-bond donors (Lipinski definition) is 0. The molecular weight excluding hydrogens is 214 g/mol. The van der Waals surface area contributed by atoms with Crippen molar-refractivity contribution in [3.05, 3.63) is 24.3 Å². The number of carbonyl (C=O) groups is 1. The van der Waals surface area contributed by atoms with Crippen molar-refractivity contribution in [2.45, 2.75) is 32.2 Å².